The lowest BCUT2D eigenvalue weighted by molar-refractivity contribution is -0.157. The van der Waals surface area contributed by atoms with Gasteiger partial charge in [-0.1, -0.05) is 0 Å². The lowest BCUT2D eigenvalue weighted by Crippen LogP contribution is -2.48. The monoisotopic (exact) mass is 326 g/mol. The topological polar surface area (TPSA) is 94.6 Å². The van der Waals surface area contributed by atoms with Crippen LogP contribution in [0, 0.1) is 0 Å². The number of nitrogens with zero attached hydrogens (tertiary/aromatic N) is 1. The van der Waals surface area contributed by atoms with Gasteiger partial charge in [-0.15, -0.1) is 11.8 Å². The van der Waals surface area contributed by atoms with E-state index in [1.165, 1.54) is 11.8 Å². The van der Waals surface area contributed by atoms with Gasteiger partial charge in [-0.2, -0.15) is 0 Å². The van der Waals surface area contributed by atoms with Gasteiger partial charge in [0.25, 0.3) is 5.91 Å². The van der Waals surface area contributed by atoms with Gasteiger partial charge >= 0.3 is 11.9 Å². The summed E-state index contributed by atoms with van der Waals surface area (Å²) < 4.78 is 9.58. The van der Waals surface area contributed by atoms with Gasteiger partial charge in [0.15, 0.2) is 0 Å². The van der Waals surface area contributed by atoms with Gasteiger partial charge in [-0.05, 0) is 32.2 Å². The van der Waals surface area contributed by atoms with Crippen LogP contribution in [0.25, 0.3) is 0 Å². The number of aromatic nitrogens is 1. The highest BCUT2D eigenvalue weighted by Crippen LogP contribution is 2.16. The number of carbonyl (C=O) groups is 3. The van der Waals surface area contributed by atoms with Crippen LogP contribution in [-0.4, -0.2) is 48.3 Å². The highest BCUT2D eigenvalue weighted by molar-refractivity contribution is 7.98. The van der Waals surface area contributed by atoms with Crippen molar-refractivity contribution >= 4 is 29.6 Å². The second-order valence-electron chi connectivity index (χ2n) is 3.97. The summed E-state index contributed by atoms with van der Waals surface area (Å²) in [6, 6.07) is 1.65. The number of amides is 1. The van der Waals surface area contributed by atoms with Crippen LogP contribution in [0.2, 0.25) is 0 Å². The van der Waals surface area contributed by atoms with Crippen molar-refractivity contribution in [3.8, 4) is 0 Å². The molecule has 8 heteroatoms. The molecule has 0 radical (unpaired) electrons. The Labute approximate surface area is 132 Å². The zero-order valence-electron chi connectivity index (χ0n) is 12.6. The number of thioether (sulfide) groups is 1. The summed E-state index contributed by atoms with van der Waals surface area (Å²) in [5.74, 6) is -2.31. The summed E-state index contributed by atoms with van der Waals surface area (Å²) >= 11 is 1.28. The molecule has 1 N–H and O–H groups in total. The molecule has 0 aromatic carbocycles. The van der Waals surface area contributed by atoms with Crippen LogP contribution in [0.1, 0.15) is 24.2 Å². The molecule has 7 nitrogen and oxygen atoms in total. The van der Waals surface area contributed by atoms with Gasteiger partial charge in [0.05, 0.1) is 18.8 Å². The van der Waals surface area contributed by atoms with Crippen LogP contribution in [-0.2, 0) is 19.1 Å². The minimum absolute atomic E-state index is 0.0908. The van der Waals surface area contributed by atoms with Crippen LogP contribution < -0.4 is 5.32 Å². The molecule has 120 valence electrons. The van der Waals surface area contributed by atoms with Crippen LogP contribution in [0.15, 0.2) is 23.4 Å². The lowest BCUT2D eigenvalue weighted by Gasteiger charge is -2.16. The van der Waals surface area contributed by atoms with E-state index in [1.54, 1.807) is 38.4 Å². The van der Waals surface area contributed by atoms with E-state index >= 15 is 0 Å². The number of nitrogens with one attached hydrogen (secondary N) is 1. The molecule has 1 heterocycles. The molecule has 0 aliphatic rings. The Bertz CT molecular complexity index is 532. The first kappa shape index (κ1) is 18.0. The molecule has 1 amide bonds. The number of pyridine rings is 1. The highest BCUT2D eigenvalue weighted by Gasteiger charge is 2.32. The minimum Gasteiger partial charge on any atom is -0.464 e. The summed E-state index contributed by atoms with van der Waals surface area (Å²) in [5.41, 5.74) is 0.272. The van der Waals surface area contributed by atoms with Gasteiger partial charge < -0.3 is 14.8 Å². The molecule has 22 heavy (non-hydrogen) atoms. The van der Waals surface area contributed by atoms with E-state index in [0.717, 1.165) is 0 Å². The number of ether oxygens (including phenoxy) is 2. The predicted molar refractivity (Wildman–Crippen MR) is 80.5 cm³/mol. The quantitative estimate of drug-likeness (QED) is 0.454. The summed E-state index contributed by atoms with van der Waals surface area (Å²) in [6.07, 6.45) is 3.32. The fraction of sp³-hybridized carbons (Fsp3) is 0.429. The maximum atomic E-state index is 12.3. The number of esters is 2. The SMILES string of the molecule is CCOC(=O)C(NC(=O)c1cccnc1SC)C(=O)OCC. The summed E-state index contributed by atoms with van der Waals surface area (Å²) in [7, 11) is 0. The fourth-order valence-corrected chi connectivity index (χ4v) is 2.15. The average molecular weight is 326 g/mol. The molecule has 0 aliphatic carbocycles. The summed E-state index contributed by atoms with van der Waals surface area (Å²) in [4.78, 5) is 40.0. The summed E-state index contributed by atoms with van der Waals surface area (Å²) in [5, 5.41) is 2.83. The smallest absolute Gasteiger partial charge is 0.340 e. The highest BCUT2D eigenvalue weighted by atomic mass is 32.2. The van der Waals surface area contributed by atoms with E-state index in [-0.39, 0.29) is 18.8 Å². The van der Waals surface area contributed by atoms with Crippen molar-refractivity contribution in [3.05, 3.63) is 23.9 Å². The van der Waals surface area contributed by atoms with E-state index < -0.39 is 23.9 Å². The first-order valence-corrected chi connectivity index (χ1v) is 7.90. The first-order chi connectivity index (χ1) is 10.5. The second-order valence-corrected chi connectivity index (χ2v) is 4.77. The number of carbonyl (C=O) groups excluding carboxylic acids is 3. The van der Waals surface area contributed by atoms with Gasteiger partial charge in [0.1, 0.15) is 5.03 Å². The van der Waals surface area contributed by atoms with E-state index in [4.69, 9.17) is 9.47 Å². The van der Waals surface area contributed by atoms with Crippen molar-refractivity contribution in [1.29, 1.82) is 0 Å². The van der Waals surface area contributed by atoms with Crippen LogP contribution in [0.3, 0.4) is 0 Å². The molecule has 0 bridgehead atoms. The van der Waals surface area contributed by atoms with Crippen molar-refractivity contribution in [2.24, 2.45) is 0 Å². The molecule has 0 aliphatic heterocycles. The molecule has 0 unspecified atom stereocenters. The van der Waals surface area contributed by atoms with Crippen molar-refractivity contribution in [1.82, 2.24) is 10.3 Å². The first-order valence-electron chi connectivity index (χ1n) is 6.68. The lowest BCUT2D eigenvalue weighted by atomic mass is 10.2. The zero-order valence-corrected chi connectivity index (χ0v) is 13.4. The molecule has 1 aromatic rings. The van der Waals surface area contributed by atoms with Crippen molar-refractivity contribution in [2.45, 2.75) is 24.9 Å². The van der Waals surface area contributed by atoms with E-state index in [0.29, 0.717) is 5.03 Å². The van der Waals surface area contributed by atoms with Gasteiger partial charge in [0, 0.05) is 6.20 Å². The van der Waals surface area contributed by atoms with Gasteiger partial charge in [-0.25, -0.2) is 14.6 Å². The maximum Gasteiger partial charge on any atom is 0.340 e. The molecule has 1 aromatic heterocycles. The third-order valence-corrected chi connectivity index (χ3v) is 3.24. The van der Waals surface area contributed by atoms with Gasteiger partial charge in [0.2, 0.25) is 6.04 Å². The molecule has 1 rings (SSSR count). The maximum absolute atomic E-state index is 12.3. The largest absolute Gasteiger partial charge is 0.464 e. The molecule has 0 atom stereocenters. The van der Waals surface area contributed by atoms with Crippen LogP contribution in [0.4, 0.5) is 0 Å². The number of hydrogen-bond donors (Lipinski definition) is 1. The van der Waals surface area contributed by atoms with Gasteiger partial charge in [-0.3, -0.25) is 4.79 Å². The standard InChI is InChI=1S/C14H18N2O5S/c1-4-20-13(18)10(14(19)21-5-2)16-11(17)9-7-6-8-15-12(9)22-3/h6-8,10H,4-5H2,1-3H3,(H,16,17). The average Bonchev–Trinajstić information content (AvgIpc) is 2.52. The molecule has 0 saturated carbocycles. The Morgan fingerprint density at radius 1 is 1.23 bits per heavy atom. The minimum atomic E-state index is -1.50. The molecule has 0 fully saturated rings. The molecular weight excluding hydrogens is 308 g/mol. The third kappa shape index (κ3) is 4.73. The van der Waals surface area contributed by atoms with E-state index in [1.807, 2.05) is 0 Å². The summed E-state index contributed by atoms with van der Waals surface area (Å²) in [6.45, 7) is 3.39. The number of rotatable bonds is 7. The Morgan fingerprint density at radius 3 is 2.32 bits per heavy atom. The van der Waals surface area contributed by atoms with E-state index in [2.05, 4.69) is 10.3 Å². The Balaban J connectivity index is 2.95. The number of hydrogen-bond acceptors (Lipinski definition) is 7. The third-order valence-electron chi connectivity index (χ3n) is 2.53. The Hall–Kier alpha value is -2.09. The van der Waals surface area contributed by atoms with Crippen molar-refractivity contribution < 1.29 is 23.9 Å². The Kier molecular flexibility index (Phi) is 7.38. The van der Waals surface area contributed by atoms with Crippen molar-refractivity contribution in [2.75, 3.05) is 19.5 Å². The Morgan fingerprint density at radius 2 is 1.82 bits per heavy atom. The molecule has 0 saturated heterocycles. The van der Waals surface area contributed by atoms with Crippen LogP contribution in [0.5, 0.6) is 0 Å². The van der Waals surface area contributed by atoms with Crippen molar-refractivity contribution in [3.63, 3.8) is 0 Å². The zero-order chi connectivity index (χ0) is 16.5. The molecular formula is C14H18N2O5S. The second kappa shape index (κ2) is 9.04. The van der Waals surface area contributed by atoms with Crippen LogP contribution >= 0.6 is 11.8 Å². The predicted octanol–water partition coefficient (Wildman–Crippen LogP) is 1.03. The molecule has 0 spiro atoms. The van der Waals surface area contributed by atoms with E-state index in [9.17, 15) is 14.4 Å². The normalized spacial score (nSPS) is 10.2. The fourth-order valence-electron chi connectivity index (χ4n) is 1.60.